The van der Waals surface area contributed by atoms with Crippen molar-refractivity contribution in [3.8, 4) is 11.5 Å². The first-order valence-electron chi connectivity index (χ1n) is 8.19. The first-order chi connectivity index (χ1) is 11.2. The van der Waals surface area contributed by atoms with Crippen molar-refractivity contribution in [3.63, 3.8) is 0 Å². The van der Waals surface area contributed by atoms with Gasteiger partial charge in [-0.1, -0.05) is 24.2 Å². The number of hydrogen-bond donors (Lipinski definition) is 1. The number of aryl methyl sites for hydroxylation is 2. The van der Waals surface area contributed by atoms with Crippen LogP contribution < -0.4 is 4.74 Å². The Morgan fingerprint density at radius 2 is 2.26 bits per heavy atom. The zero-order chi connectivity index (χ0) is 16.4. The van der Waals surface area contributed by atoms with E-state index in [9.17, 15) is 5.11 Å². The summed E-state index contributed by atoms with van der Waals surface area (Å²) in [5.41, 5.74) is 3.10. The molecule has 23 heavy (non-hydrogen) atoms. The standard InChI is InChI=1S/C18H24N2O3/c1-4-15-17(12(2)19-23-15)14-8-6-10-20(14)11-13-7-5-9-16(22-3)18(13)21/h5,7,9,14,21H,4,6,8,10-11H2,1-3H3/t14-/m1/s1. The van der Waals surface area contributed by atoms with Gasteiger partial charge in [-0.25, -0.2) is 0 Å². The number of aromatic hydroxyl groups is 1. The summed E-state index contributed by atoms with van der Waals surface area (Å²) in [6, 6.07) is 5.96. The highest BCUT2D eigenvalue weighted by molar-refractivity contribution is 5.45. The molecule has 1 aliphatic heterocycles. The van der Waals surface area contributed by atoms with Crippen LogP contribution in [-0.2, 0) is 13.0 Å². The molecule has 5 heteroatoms. The first-order valence-corrected chi connectivity index (χ1v) is 8.19. The number of methoxy groups -OCH3 is 1. The Morgan fingerprint density at radius 1 is 1.43 bits per heavy atom. The van der Waals surface area contributed by atoms with E-state index in [2.05, 4.69) is 17.0 Å². The summed E-state index contributed by atoms with van der Waals surface area (Å²) in [6.07, 6.45) is 3.09. The van der Waals surface area contributed by atoms with E-state index in [1.807, 2.05) is 19.1 Å². The first kappa shape index (κ1) is 15.9. The lowest BCUT2D eigenvalue weighted by atomic mass is 10.0. The molecule has 1 aromatic heterocycles. The Kier molecular flexibility index (Phi) is 4.57. The Bertz CT molecular complexity index is 681. The van der Waals surface area contributed by atoms with Crippen LogP contribution in [0.1, 0.15) is 48.4 Å². The monoisotopic (exact) mass is 316 g/mol. The molecule has 1 fully saturated rings. The molecule has 3 rings (SSSR count). The van der Waals surface area contributed by atoms with E-state index in [1.165, 1.54) is 5.56 Å². The number of rotatable bonds is 5. The molecule has 1 N–H and O–H groups in total. The van der Waals surface area contributed by atoms with E-state index in [-0.39, 0.29) is 5.75 Å². The van der Waals surface area contributed by atoms with Crippen molar-refractivity contribution in [2.24, 2.45) is 0 Å². The second kappa shape index (κ2) is 6.62. The van der Waals surface area contributed by atoms with E-state index in [4.69, 9.17) is 9.26 Å². The van der Waals surface area contributed by atoms with Crippen LogP contribution in [0.4, 0.5) is 0 Å². The number of ether oxygens (including phenoxy) is 1. The van der Waals surface area contributed by atoms with Crippen LogP contribution in [0.2, 0.25) is 0 Å². The summed E-state index contributed by atoms with van der Waals surface area (Å²) < 4.78 is 10.7. The molecular formula is C18H24N2O3. The van der Waals surface area contributed by atoms with Crippen LogP contribution >= 0.6 is 0 Å². The van der Waals surface area contributed by atoms with Gasteiger partial charge < -0.3 is 14.4 Å². The van der Waals surface area contributed by atoms with Gasteiger partial charge in [0.25, 0.3) is 0 Å². The van der Waals surface area contributed by atoms with E-state index >= 15 is 0 Å². The molecule has 1 aromatic carbocycles. The lowest BCUT2D eigenvalue weighted by Gasteiger charge is -2.25. The second-order valence-corrected chi connectivity index (χ2v) is 6.05. The Hall–Kier alpha value is -2.01. The number of aromatic nitrogens is 1. The molecule has 124 valence electrons. The normalized spacial score (nSPS) is 18.5. The van der Waals surface area contributed by atoms with Gasteiger partial charge in [0.2, 0.25) is 0 Å². The van der Waals surface area contributed by atoms with Crippen LogP contribution in [0.25, 0.3) is 0 Å². The Balaban J connectivity index is 1.87. The fraction of sp³-hybridized carbons (Fsp3) is 0.500. The molecule has 0 amide bonds. The van der Waals surface area contributed by atoms with Gasteiger partial charge in [0.15, 0.2) is 11.5 Å². The largest absolute Gasteiger partial charge is 0.504 e. The molecule has 0 aliphatic carbocycles. The number of nitrogens with zero attached hydrogens (tertiary/aromatic N) is 2. The summed E-state index contributed by atoms with van der Waals surface area (Å²) in [5.74, 6) is 1.74. The van der Waals surface area contributed by atoms with Gasteiger partial charge in [0.1, 0.15) is 5.76 Å². The third kappa shape index (κ3) is 2.93. The van der Waals surface area contributed by atoms with Crippen LogP contribution in [0.5, 0.6) is 11.5 Å². The van der Waals surface area contributed by atoms with Gasteiger partial charge in [-0.15, -0.1) is 0 Å². The summed E-state index contributed by atoms with van der Waals surface area (Å²) >= 11 is 0. The van der Waals surface area contributed by atoms with Gasteiger partial charge in [0.05, 0.1) is 12.8 Å². The maximum atomic E-state index is 10.3. The van der Waals surface area contributed by atoms with Crippen LogP contribution in [-0.4, -0.2) is 28.8 Å². The molecule has 2 aromatic rings. The van der Waals surface area contributed by atoms with Crippen molar-refractivity contribution >= 4 is 0 Å². The third-order valence-electron chi connectivity index (χ3n) is 4.68. The molecule has 1 saturated heterocycles. The Labute approximate surface area is 136 Å². The molecule has 1 aliphatic rings. The quantitative estimate of drug-likeness (QED) is 0.913. The van der Waals surface area contributed by atoms with Crippen molar-refractivity contribution in [2.75, 3.05) is 13.7 Å². The number of benzene rings is 1. The summed E-state index contributed by atoms with van der Waals surface area (Å²) in [4.78, 5) is 2.40. The minimum absolute atomic E-state index is 0.235. The van der Waals surface area contributed by atoms with Crippen molar-refractivity contribution in [2.45, 2.75) is 45.7 Å². The zero-order valence-electron chi connectivity index (χ0n) is 14.0. The van der Waals surface area contributed by atoms with Gasteiger partial charge in [0, 0.05) is 30.1 Å². The fourth-order valence-corrected chi connectivity index (χ4v) is 3.53. The molecule has 5 nitrogen and oxygen atoms in total. The average molecular weight is 316 g/mol. The highest BCUT2D eigenvalue weighted by Gasteiger charge is 2.31. The van der Waals surface area contributed by atoms with Crippen LogP contribution in [0.15, 0.2) is 22.7 Å². The van der Waals surface area contributed by atoms with E-state index < -0.39 is 0 Å². The molecular weight excluding hydrogens is 292 g/mol. The minimum Gasteiger partial charge on any atom is -0.504 e. The highest BCUT2D eigenvalue weighted by Crippen LogP contribution is 2.39. The fourth-order valence-electron chi connectivity index (χ4n) is 3.53. The second-order valence-electron chi connectivity index (χ2n) is 6.05. The van der Waals surface area contributed by atoms with Gasteiger partial charge in [-0.2, -0.15) is 0 Å². The van der Waals surface area contributed by atoms with Crippen molar-refractivity contribution < 1.29 is 14.4 Å². The van der Waals surface area contributed by atoms with Crippen molar-refractivity contribution in [3.05, 3.63) is 40.8 Å². The topological polar surface area (TPSA) is 58.7 Å². The van der Waals surface area contributed by atoms with Crippen LogP contribution in [0.3, 0.4) is 0 Å². The predicted molar refractivity (Wildman–Crippen MR) is 87.7 cm³/mol. The number of phenols is 1. The molecule has 0 radical (unpaired) electrons. The number of likely N-dealkylation sites (tertiary alicyclic amines) is 1. The van der Waals surface area contributed by atoms with Gasteiger partial charge in [-0.3, -0.25) is 4.90 Å². The molecule has 0 spiro atoms. The maximum Gasteiger partial charge on any atom is 0.162 e. The Morgan fingerprint density at radius 3 is 3.00 bits per heavy atom. The van der Waals surface area contributed by atoms with E-state index in [1.54, 1.807) is 13.2 Å². The number of phenolic OH excluding ortho intramolecular Hbond substituents is 1. The third-order valence-corrected chi connectivity index (χ3v) is 4.68. The predicted octanol–water partition coefficient (Wildman–Crippen LogP) is 3.60. The van der Waals surface area contributed by atoms with Crippen molar-refractivity contribution in [1.29, 1.82) is 0 Å². The zero-order valence-corrected chi connectivity index (χ0v) is 14.0. The molecule has 0 unspecified atom stereocenters. The summed E-state index contributed by atoms with van der Waals surface area (Å²) in [6.45, 7) is 5.81. The summed E-state index contributed by atoms with van der Waals surface area (Å²) in [5, 5.41) is 14.5. The van der Waals surface area contributed by atoms with E-state index in [0.717, 1.165) is 42.8 Å². The summed E-state index contributed by atoms with van der Waals surface area (Å²) in [7, 11) is 1.57. The SMILES string of the molecule is CCc1onc(C)c1[C@H]1CCCN1Cc1cccc(OC)c1O. The number of hydrogen-bond acceptors (Lipinski definition) is 5. The molecule has 1 atom stereocenters. The molecule has 0 bridgehead atoms. The van der Waals surface area contributed by atoms with Gasteiger partial charge in [-0.05, 0) is 32.4 Å². The lowest BCUT2D eigenvalue weighted by Crippen LogP contribution is -2.23. The smallest absolute Gasteiger partial charge is 0.162 e. The van der Waals surface area contributed by atoms with E-state index in [0.29, 0.717) is 18.3 Å². The highest BCUT2D eigenvalue weighted by atomic mass is 16.5. The number of para-hydroxylation sites is 1. The molecule has 2 heterocycles. The van der Waals surface area contributed by atoms with Crippen molar-refractivity contribution in [1.82, 2.24) is 10.1 Å². The van der Waals surface area contributed by atoms with Gasteiger partial charge >= 0.3 is 0 Å². The average Bonchev–Trinajstić information content (AvgIpc) is 3.15. The molecule has 0 saturated carbocycles. The maximum absolute atomic E-state index is 10.3. The minimum atomic E-state index is 0.235. The van der Waals surface area contributed by atoms with Crippen LogP contribution in [0, 0.1) is 6.92 Å². The lowest BCUT2D eigenvalue weighted by molar-refractivity contribution is 0.240.